The molecule has 2 nitrogen and oxygen atoms in total. The number of likely N-dealkylation sites (tertiary alicyclic amines) is 1. The van der Waals surface area contributed by atoms with E-state index in [0.29, 0.717) is 17.4 Å². The van der Waals surface area contributed by atoms with Gasteiger partial charge in [0.05, 0.1) is 6.04 Å². The zero-order valence-corrected chi connectivity index (χ0v) is 11.4. The topological polar surface area (TPSA) is 20.3 Å². The zero-order chi connectivity index (χ0) is 12.4. The van der Waals surface area contributed by atoms with Crippen molar-refractivity contribution in [3.05, 3.63) is 34.9 Å². The SMILES string of the molecule is CC(c1cccc(Cl)c1)N1CC(CS)CC1=O. The molecular formula is C13H16ClNOS. The lowest BCUT2D eigenvalue weighted by Crippen LogP contribution is -2.28. The van der Waals surface area contributed by atoms with E-state index in [9.17, 15) is 4.79 Å². The van der Waals surface area contributed by atoms with E-state index in [0.717, 1.165) is 17.9 Å². The molecule has 1 aliphatic rings. The molecule has 2 unspecified atom stereocenters. The second-order valence-corrected chi connectivity index (χ2v) is 5.33. The minimum Gasteiger partial charge on any atom is -0.336 e. The monoisotopic (exact) mass is 269 g/mol. The first-order valence-electron chi connectivity index (χ1n) is 5.77. The van der Waals surface area contributed by atoms with Gasteiger partial charge >= 0.3 is 0 Å². The van der Waals surface area contributed by atoms with Gasteiger partial charge in [-0.15, -0.1) is 0 Å². The lowest BCUT2D eigenvalue weighted by Gasteiger charge is -2.25. The van der Waals surface area contributed by atoms with Gasteiger partial charge in [-0.25, -0.2) is 0 Å². The Morgan fingerprint density at radius 3 is 2.94 bits per heavy atom. The Kier molecular flexibility index (Phi) is 4.00. The van der Waals surface area contributed by atoms with Crippen molar-refractivity contribution in [2.45, 2.75) is 19.4 Å². The molecule has 0 N–H and O–H groups in total. The average molecular weight is 270 g/mol. The molecule has 17 heavy (non-hydrogen) atoms. The van der Waals surface area contributed by atoms with E-state index < -0.39 is 0 Å². The Labute approximate surface area is 112 Å². The van der Waals surface area contributed by atoms with E-state index >= 15 is 0 Å². The van der Waals surface area contributed by atoms with Gasteiger partial charge in [-0.1, -0.05) is 23.7 Å². The third kappa shape index (κ3) is 2.78. The van der Waals surface area contributed by atoms with Gasteiger partial charge in [-0.05, 0) is 36.3 Å². The molecule has 4 heteroatoms. The van der Waals surface area contributed by atoms with Crippen LogP contribution in [0.15, 0.2) is 24.3 Å². The van der Waals surface area contributed by atoms with Gasteiger partial charge in [0, 0.05) is 18.0 Å². The largest absolute Gasteiger partial charge is 0.336 e. The van der Waals surface area contributed by atoms with Crippen LogP contribution in [0.1, 0.15) is 24.9 Å². The van der Waals surface area contributed by atoms with E-state index in [4.69, 9.17) is 11.6 Å². The molecule has 1 aromatic rings. The summed E-state index contributed by atoms with van der Waals surface area (Å²) in [4.78, 5) is 13.8. The summed E-state index contributed by atoms with van der Waals surface area (Å²) >= 11 is 10.2. The van der Waals surface area contributed by atoms with Crippen molar-refractivity contribution in [1.29, 1.82) is 0 Å². The van der Waals surface area contributed by atoms with Gasteiger partial charge in [-0.2, -0.15) is 12.6 Å². The molecule has 2 rings (SSSR count). The Bertz CT molecular complexity index is 424. The van der Waals surface area contributed by atoms with Gasteiger partial charge in [0.15, 0.2) is 0 Å². The van der Waals surface area contributed by atoms with Gasteiger partial charge in [0.2, 0.25) is 5.91 Å². The Morgan fingerprint density at radius 2 is 2.35 bits per heavy atom. The number of carbonyl (C=O) groups is 1. The maximum Gasteiger partial charge on any atom is 0.223 e. The highest BCUT2D eigenvalue weighted by Gasteiger charge is 2.32. The molecule has 1 fully saturated rings. The Morgan fingerprint density at radius 1 is 1.59 bits per heavy atom. The molecule has 1 aromatic carbocycles. The molecule has 0 radical (unpaired) electrons. The number of carbonyl (C=O) groups excluding carboxylic acids is 1. The molecule has 1 saturated heterocycles. The van der Waals surface area contributed by atoms with E-state index in [1.807, 2.05) is 36.1 Å². The van der Waals surface area contributed by atoms with Crippen molar-refractivity contribution >= 4 is 30.1 Å². The molecular weight excluding hydrogens is 254 g/mol. The van der Waals surface area contributed by atoms with Crippen LogP contribution in [-0.2, 0) is 4.79 Å². The fourth-order valence-corrected chi connectivity index (χ4v) is 2.69. The zero-order valence-electron chi connectivity index (χ0n) is 9.77. The number of rotatable bonds is 3. The molecule has 92 valence electrons. The number of nitrogens with zero attached hydrogens (tertiary/aromatic N) is 1. The summed E-state index contributed by atoms with van der Waals surface area (Å²) in [6, 6.07) is 7.79. The summed E-state index contributed by atoms with van der Waals surface area (Å²) in [5, 5.41) is 0.715. The molecule has 0 aliphatic carbocycles. The standard InChI is InChI=1S/C13H16ClNOS/c1-9(11-3-2-4-12(14)6-11)15-7-10(8-17)5-13(15)16/h2-4,6,9-10,17H,5,7-8H2,1H3. The van der Waals surface area contributed by atoms with E-state index in [1.165, 1.54) is 0 Å². The minimum atomic E-state index is 0.0890. The normalized spacial score (nSPS) is 21.9. The van der Waals surface area contributed by atoms with Gasteiger partial charge < -0.3 is 4.90 Å². The second-order valence-electron chi connectivity index (χ2n) is 4.53. The van der Waals surface area contributed by atoms with Crippen molar-refractivity contribution in [3.8, 4) is 0 Å². The van der Waals surface area contributed by atoms with Crippen molar-refractivity contribution in [1.82, 2.24) is 4.90 Å². The molecule has 1 aliphatic heterocycles. The summed E-state index contributed by atoms with van der Waals surface area (Å²) in [6.07, 6.45) is 0.619. The van der Waals surface area contributed by atoms with Crippen LogP contribution in [-0.4, -0.2) is 23.1 Å². The lowest BCUT2D eigenvalue weighted by molar-refractivity contribution is -0.129. The fourth-order valence-electron chi connectivity index (χ4n) is 2.25. The van der Waals surface area contributed by atoms with Gasteiger partial charge in [-0.3, -0.25) is 4.79 Å². The molecule has 1 amide bonds. The number of hydrogen-bond donors (Lipinski definition) is 1. The highest BCUT2D eigenvalue weighted by molar-refractivity contribution is 7.80. The number of halogens is 1. The Balaban J connectivity index is 2.15. The smallest absolute Gasteiger partial charge is 0.223 e. The van der Waals surface area contributed by atoms with Crippen LogP contribution in [0, 0.1) is 5.92 Å². The van der Waals surface area contributed by atoms with E-state index in [2.05, 4.69) is 12.6 Å². The minimum absolute atomic E-state index is 0.0890. The van der Waals surface area contributed by atoms with Crippen LogP contribution in [0.2, 0.25) is 5.02 Å². The van der Waals surface area contributed by atoms with E-state index in [-0.39, 0.29) is 11.9 Å². The quantitative estimate of drug-likeness (QED) is 0.836. The predicted molar refractivity (Wildman–Crippen MR) is 73.5 cm³/mol. The van der Waals surface area contributed by atoms with Crippen LogP contribution in [0.5, 0.6) is 0 Å². The summed E-state index contributed by atoms with van der Waals surface area (Å²) < 4.78 is 0. The van der Waals surface area contributed by atoms with E-state index in [1.54, 1.807) is 0 Å². The van der Waals surface area contributed by atoms with Crippen molar-refractivity contribution in [2.75, 3.05) is 12.3 Å². The molecule has 0 bridgehead atoms. The van der Waals surface area contributed by atoms with Gasteiger partial charge in [0.1, 0.15) is 0 Å². The number of hydrogen-bond acceptors (Lipinski definition) is 2. The highest BCUT2D eigenvalue weighted by atomic mass is 35.5. The summed E-state index contributed by atoms with van der Waals surface area (Å²) in [6.45, 7) is 2.85. The van der Waals surface area contributed by atoms with Gasteiger partial charge in [0.25, 0.3) is 0 Å². The summed E-state index contributed by atoms with van der Waals surface area (Å²) in [5.41, 5.74) is 1.09. The van der Waals surface area contributed by atoms with Crippen LogP contribution in [0.4, 0.5) is 0 Å². The van der Waals surface area contributed by atoms with Crippen LogP contribution in [0.25, 0.3) is 0 Å². The second kappa shape index (κ2) is 5.32. The third-order valence-corrected chi connectivity index (χ3v) is 4.05. The first kappa shape index (κ1) is 12.8. The first-order chi connectivity index (χ1) is 8.11. The van der Waals surface area contributed by atoms with Crippen molar-refractivity contribution < 1.29 is 4.79 Å². The van der Waals surface area contributed by atoms with Crippen molar-refractivity contribution in [2.24, 2.45) is 5.92 Å². The number of thiol groups is 1. The average Bonchev–Trinajstić information content (AvgIpc) is 2.69. The summed E-state index contributed by atoms with van der Waals surface area (Å²) in [5.74, 6) is 1.37. The lowest BCUT2D eigenvalue weighted by atomic mass is 10.1. The molecule has 2 atom stereocenters. The molecule has 0 spiro atoms. The van der Waals surface area contributed by atoms with Crippen molar-refractivity contribution in [3.63, 3.8) is 0 Å². The van der Waals surface area contributed by atoms with Crippen LogP contribution < -0.4 is 0 Å². The third-order valence-electron chi connectivity index (χ3n) is 3.30. The van der Waals surface area contributed by atoms with Crippen LogP contribution in [0.3, 0.4) is 0 Å². The van der Waals surface area contributed by atoms with Crippen LogP contribution >= 0.6 is 24.2 Å². The molecule has 1 heterocycles. The maximum absolute atomic E-state index is 11.9. The molecule has 0 aromatic heterocycles. The Hall–Kier alpha value is -0.670. The maximum atomic E-state index is 11.9. The predicted octanol–water partition coefficient (Wildman–Crippen LogP) is 3.18. The number of benzene rings is 1. The highest BCUT2D eigenvalue weighted by Crippen LogP contribution is 2.29. The fraction of sp³-hybridized carbons (Fsp3) is 0.462. The number of amides is 1. The summed E-state index contributed by atoms with van der Waals surface area (Å²) in [7, 11) is 0. The molecule has 0 saturated carbocycles. The first-order valence-corrected chi connectivity index (χ1v) is 6.78.